The zero-order valence-corrected chi connectivity index (χ0v) is 11.4. The van der Waals surface area contributed by atoms with Crippen molar-refractivity contribution in [1.29, 1.82) is 0 Å². The van der Waals surface area contributed by atoms with Gasteiger partial charge in [-0.15, -0.1) is 0 Å². The molecule has 2 aliphatic rings. The zero-order chi connectivity index (χ0) is 12.3. The quantitative estimate of drug-likeness (QED) is 0.820. The van der Waals surface area contributed by atoms with Crippen molar-refractivity contribution in [2.24, 2.45) is 11.7 Å². The minimum absolute atomic E-state index is 0.275. The molecule has 1 heterocycles. The molecule has 3 nitrogen and oxygen atoms in total. The average Bonchev–Trinajstić information content (AvgIpc) is 2.33. The molecule has 0 aromatic rings. The fourth-order valence-corrected chi connectivity index (χ4v) is 3.18. The SMILES string of the molecule is CC(OC1CCCCC1N)C1CCN(C)CC1. The lowest BCUT2D eigenvalue weighted by Gasteiger charge is -2.37. The summed E-state index contributed by atoms with van der Waals surface area (Å²) >= 11 is 0. The molecule has 1 aliphatic carbocycles. The maximum absolute atomic E-state index is 6.23. The van der Waals surface area contributed by atoms with Gasteiger partial charge in [-0.2, -0.15) is 0 Å². The molecular formula is C14H28N2O. The van der Waals surface area contributed by atoms with Gasteiger partial charge in [0.25, 0.3) is 0 Å². The Bertz CT molecular complexity index is 226. The molecule has 1 saturated carbocycles. The largest absolute Gasteiger partial charge is 0.373 e. The van der Waals surface area contributed by atoms with E-state index in [2.05, 4.69) is 18.9 Å². The van der Waals surface area contributed by atoms with Crippen molar-refractivity contribution in [3.8, 4) is 0 Å². The van der Waals surface area contributed by atoms with E-state index in [-0.39, 0.29) is 6.04 Å². The molecule has 3 atom stereocenters. The molecule has 0 aromatic heterocycles. The summed E-state index contributed by atoms with van der Waals surface area (Å²) in [5.41, 5.74) is 6.15. The number of nitrogens with zero attached hydrogens (tertiary/aromatic N) is 1. The zero-order valence-electron chi connectivity index (χ0n) is 11.4. The Morgan fingerprint density at radius 1 is 1.12 bits per heavy atom. The molecule has 0 spiro atoms. The van der Waals surface area contributed by atoms with Crippen LogP contribution in [0.5, 0.6) is 0 Å². The predicted octanol–water partition coefficient (Wildman–Crippen LogP) is 2.00. The third-order valence-electron chi connectivity index (χ3n) is 4.57. The van der Waals surface area contributed by atoms with Gasteiger partial charge in [-0.25, -0.2) is 0 Å². The lowest BCUT2D eigenvalue weighted by atomic mass is 9.90. The third-order valence-corrected chi connectivity index (χ3v) is 4.57. The fraction of sp³-hybridized carbons (Fsp3) is 1.00. The first-order valence-corrected chi connectivity index (χ1v) is 7.26. The van der Waals surface area contributed by atoms with Gasteiger partial charge < -0.3 is 15.4 Å². The summed E-state index contributed by atoms with van der Waals surface area (Å²) in [6.07, 6.45) is 8.14. The van der Waals surface area contributed by atoms with Crippen LogP contribution in [0.3, 0.4) is 0 Å². The second kappa shape index (κ2) is 6.17. The van der Waals surface area contributed by atoms with Crippen LogP contribution in [0.2, 0.25) is 0 Å². The van der Waals surface area contributed by atoms with Gasteiger partial charge in [0.2, 0.25) is 0 Å². The fourth-order valence-electron chi connectivity index (χ4n) is 3.18. The van der Waals surface area contributed by atoms with Crippen molar-refractivity contribution in [3.05, 3.63) is 0 Å². The summed E-state index contributed by atoms with van der Waals surface area (Å²) in [5.74, 6) is 0.736. The van der Waals surface area contributed by atoms with E-state index in [1.807, 2.05) is 0 Å². The van der Waals surface area contributed by atoms with E-state index in [1.54, 1.807) is 0 Å². The van der Waals surface area contributed by atoms with Crippen LogP contribution in [0.1, 0.15) is 45.4 Å². The smallest absolute Gasteiger partial charge is 0.0729 e. The van der Waals surface area contributed by atoms with Gasteiger partial charge in [-0.05, 0) is 58.7 Å². The van der Waals surface area contributed by atoms with Crippen LogP contribution in [0.4, 0.5) is 0 Å². The maximum Gasteiger partial charge on any atom is 0.0729 e. The van der Waals surface area contributed by atoms with E-state index in [4.69, 9.17) is 10.5 Å². The molecule has 3 heteroatoms. The molecule has 0 amide bonds. The Hall–Kier alpha value is -0.120. The molecule has 17 heavy (non-hydrogen) atoms. The Balaban J connectivity index is 1.77. The summed E-state index contributed by atoms with van der Waals surface area (Å²) in [5, 5.41) is 0. The number of rotatable bonds is 3. The Morgan fingerprint density at radius 2 is 1.76 bits per heavy atom. The van der Waals surface area contributed by atoms with E-state index in [1.165, 1.54) is 38.8 Å². The minimum atomic E-state index is 0.275. The van der Waals surface area contributed by atoms with Crippen LogP contribution in [-0.2, 0) is 4.74 Å². The van der Waals surface area contributed by atoms with E-state index >= 15 is 0 Å². The van der Waals surface area contributed by atoms with Crippen molar-refractivity contribution in [2.45, 2.75) is 63.7 Å². The standard InChI is InChI=1S/C14H28N2O/c1-11(12-7-9-16(2)10-8-12)17-14-6-4-3-5-13(14)15/h11-14H,3-10,15H2,1-2H3. The normalized spacial score (nSPS) is 34.8. The summed E-state index contributed by atoms with van der Waals surface area (Å²) < 4.78 is 6.23. The first-order chi connectivity index (χ1) is 8.16. The Labute approximate surface area is 106 Å². The van der Waals surface area contributed by atoms with Crippen LogP contribution in [0, 0.1) is 5.92 Å². The van der Waals surface area contributed by atoms with Crippen LogP contribution >= 0.6 is 0 Å². The van der Waals surface area contributed by atoms with Crippen LogP contribution in [-0.4, -0.2) is 43.3 Å². The Kier molecular flexibility index (Phi) is 4.83. The van der Waals surface area contributed by atoms with Crippen molar-refractivity contribution >= 4 is 0 Å². The number of piperidine rings is 1. The van der Waals surface area contributed by atoms with Crippen molar-refractivity contribution in [3.63, 3.8) is 0 Å². The van der Waals surface area contributed by atoms with Crippen LogP contribution in [0.25, 0.3) is 0 Å². The van der Waals surface area contributed by atoms with Crippen LogP contribution in [0.15, 0.2) is 0 Å². The molecule has 0 aromatic carbocycles. The van der Waals surface area contributed by atoms with Gasteiger partial charge in [-0.1, -0.05) is 12.8 Å². The molecule has 2 rings (SSSR count). The van der Waals surface area contributed by atoms with E-state index < -0.39 is 0 Å². The number of nitrogens with two attached hydrogens (primary N) is 1. The molecule has 2 fully saturated rings. The second-order valence-corrected chi connectivity index (χ2v) is 5.97. The number of ether oxygens (including phenoxy) is 1. The highest BCUT2D eigenvalue weighted by Gasteiger charge is 2.28. The highest BCUT2D eigenvalue weighted by molar-refractivity contribution is 4.82. The Morgan fingerprint density at radius 3 is 2.41 bits per heavy atom. The topological polar surface area (TPSA) is 38.5 Å². The van der Waals surface area contributed by atoms with Gasteiger partial charge in [0, 0.05) is 6.04 Å². The predicted molar refractivity (Wildman–Crippen MR) is 71.0 cm³/mol. The molecular weight excluding hydrogens is 212 g/mol. The molecule has 0 bridgehead atoms. The highest BCUT2D eigenvalue weighted by atomic mass is 16.5. The highest BCUT2D eigenvalue weighted by Crippen LogP contribution is 2.26. The summed E-state index contributed by atoms with van der Waals surface area (Å²) in [6.45, 7) is 4.68. The van der Waals surface area contributed by atoms with Gasteiger partial charge in [0.05, 0.1) is 12.2 Å². The van der Waals surface area contributed by atoms with Gasteiger partial charge in [0.15, 0.2) is 0 Å². The average molecular weight is 240 g/mol. The number of hydrogen-bond donors (Lipinski definition) is 1. The first kappa shape index (κ1) is 13.3. The minimum Gasteiger partial charge on any atom is -0.373 e. The van der Waals surface area contributed by atoms with Crippen molar-refractivity contribution < 1.29 is 4.74 Å². The summed E-state index contributed by atoms with van der Waals surface area (Å²) in [4.78, 5) is 2.41. The second-order valence-electron chi connectivity index (χ2n) is 5.97. The molecule has 2 N–H and O–H groups in total. The third kappa shape index (κ3) is 3.67. The molecule has 100 valence electrons. The van der Waals surface area contributed by atoms with E-state index in [0.29, 0.717) is 12.2 Å². The first-order valence-electron chi connectivity index (χ1n) is 7.26. The van der Waals surface area contributed by atoms with E-state index in [9.17, 15) is 0 Å². The number of hydrogen-bond acceptors (Lipinski definition) is 3. The molecule has 1 saturated heterocycles. The van der Waals surface area contributed by atoms with Gasteiger partial charge in [0.1, 0.15) is 0 Å². The monoisotopic (exact) mass is 240 g/mol. The van der Waals surface area contributed by atoms with Crippen LogP contribution < -0.4 is 5.73 Å². The van der Waals surface area contributed by atoms with Gasteiger partial charge >= 0.3 is 0 Å². The molecule has 0 radical (unpaired) electrons. The lowest BCUT2D eigenvalue weighted by molar-refractivity contribution is -0.0661. The molecule has 3 unspecified atom stereocenters. The lowest BCUT2D eigenvalue weighted by Crippen LogP contribution is -2.43. The summed E-state index contributed by atoms with van der Waals surface area (Å²) in [7, 11) is 2.21. The number of likely N-dealkylation sites (tertiary alicyclic amines) is 1. The van der Waals surface area contributed by atoms with E-state index in [0.717, 1.165) is 18.8 Å². The van der Waals surface area contributed by atoms with Crippen molar-refractivity contribution in [1.82, 2.24) is 4.90 Å². The van der Waals surface area contributed by atoms with Gasteiger partial charge in [-0.3, -0.25) is 0 Å². The van der Waals surface area contributed by atoms with Crippen molar-refractivity contribution in [2.75, 3.05) is 20.1 Å². The molecule has 1 aliphatic heterocycles. The summed E-state index contributed by atoms with van der Waals surface area (Å²) in [6, 6.07) is 0.275. The maximum atomic E-state index is 6.23.